The van der Waals surface area contributed by atoms with Crippen molar-refractivity contribution in [3.8, 4) is 0 Å². The van der Waals surface area contributed by atoms with Crippen molar-refractivity contribution in [1.82, 2.24) is 30.5 Å². The van der Waals surface area contributed by atoms with Gasteiger partial charge in [0, 0.05) is 39.1 Å². The molecule has 0 aromatic heterocycles. The minimum Gasteiger partial charge on any atom is -0.346 e. The van der Waals surface area contributed by atoms with Crippen LogP contribution in [0.1, 0.15) is 86.5 Å². The third-order valence-corrected chi connectivity index (χ3v) is 12.6. The number of alkyl halides is 3. The molecule has 4 N–H and O–H groups in total. The van der Waals surface area contributed by atoms with E-state index in [1.54, 1.807) is 0 Å². The van der Waals surface area contributed by atoms with Crippen LogP contribution in [0.15, 0.2) is 12.7 Å². The first-order chi connectivity index (χ1) is 23.7. The Bertz CT molecular complexity index is 1490. The number of urea groups is 1. The molecule has 5 amide bonds. The molecule has 2 saturated carbocycles. The summed E-state index contributed by atoms with van der Waals surface area (Å²) in [5.41, 5.74) is -1.70. The first-order valence-corrected chi connectivity index (χ1v) is 19.7. The highest BCUT2D eigenvalue weighted by Gasteiger charge is 2.70. The second-order valence-corrected chi connectivity index (χ2v) is 18.8. The first kappa shape index (κ1) is 43.2. The summed E-state index contributed by atoms with van der Waals surface area (Å²) < 4.78 is 65.3. The lowest BCUT2D eigenvalue weighted by Crippen LogP contribution is -2.63. The summed E-state index contributed by atoms with van der Waals surface area (Å²) in [5.74, 6) is -4.31. The number of nitrogens with one attached hydrogen (secondary N) is 4. The topological polar surface area (TPSA) is 174 Å². The Balaban J connectivity index is 1.94. The fourth-order valence-corrected chi connectivity index (χ4v) is 8.08. The number of hydrogen-bond donors (Lipinski definition) is 4. The summed E-state index contributed by atoms with van der Waals surface area (Å²) in [5, 5.41) is 10.4. The van der Waals surface area contributed by atoms with Crippen molar-refractivity contribution in [1.29, 1.82) is 0 Å². The van der Waals surface area contributed by atoms with Gasteiger partial charge >= 0.3 is 12.2 Å². The number of amides is 5. The number of Topliss-reactive ketones (excluding diaryl/α,β-unsaturated/α-hetero) is 1. The second-order valence-electron chi connectivity index (χ2n) is 16.7. The predicted octanol–water partition coefficient (Wildman–Crippen LogP) is 3.11. The lowest BCUT2D eigenvalue weighted by Gasteiger charge is -2.43. The normalized spacial score (nSPS) is 24.2. The number of halogens is 3. The fraction of sp³-hybridized carbons (Fsp3) is 0.800. The van der Waals surface area contributed by atoms with Crippen molar-refractivity contribution >= 4 is 39.6 Å². The van der Waals surface area contributed by atoms with Gasteiger partial charge in [-0.05, 0) is 47.3 Å². The highest BCUT2D eigenvalue weighted by Crippen LogP contribution is 2.65. The van der Waals surface area contributed by atoms with E-state index in [4.69, 9.17) is 0 Å². The van der Waals surface area contributed by atoms with Gasteiger partial charge in [-0.25, -0.2) is 17.5 Å². The number of likely N-dealkylation sites (N-methyl/N-ethyl adjacent to an activating group) is 1. The van der Waals surface area contributed by atoms with Crippen LogP contribution in [0.25, 0.3) is 0 Å². The molecule has 6 atom stereocenters. The van der Waals surface area contributed by atoms with Gasteiger partial charge in [-0.3, -0.25) is 19.2 Å². The zero-order valence-electron chi connectivity index (χ0n) is 31.6. The number of likely N-dealkylation sites (tertiary alicyclic amines) is 1. The molecule has 1 aliphatic heterocycles. The number of piperidine rings is 1. The molecule has 1 unspecified atom stereocenters. The highest BCUT2D eigenvalue weighted by atomic mass is 32.2. The van der Waals surface area contributed by atoms with Gasteiger partial charge in [0.05, 0.1) is 12.3 Å². The lowest BCUT2D eigenvalue weighted by molar-refractivity contribution is -0.148. The van der Waals surface area contributed by atoms with Gasteiger partial charge in [0.25, 0.3) is 5.91 Å². The van der Waals surface area contributed by atoms with Gasteiger partial charge in [-0.1, -0.05) is 66.9 Å². The molecule has 1 saturated heterocycles. The molecule has 3 rings (SSSR count). The summed E-state index contributed by atoms with van der Waals surface area (Å²) in [6.07, 6.45) is -0.891. The molecule has 3 fully saturated rings. The van der Waals surface area contributed by atoms with Gasteiger partial charge in [0.15, 0.2) is 0 Å². The third kappa shape index (κ3) is 10.5. The smallest absolute Gasteiger partial charge is 0.346 e. The average Bonchev–Trinajstić information content (AvgIpc) is 3.33. The van der Waals surface area contributed by atoms with Crippen molar-refractivity contribution in [3.05, 3.63) is 12.7 Å². The number of carbonyl (C=O) groups is 5. The van der Waals surface area contributed by atoms with Gasteiger partial charge < -0.3 is 26.2 Å². The largest absolute Gasteiger partial charge is 0.389 e. The zero-order chi connectivity index (χ0) is 39.6. The maximum Gasteiger partial charge on any atom is 0.389 e. The van der Waals surface area contributed by atoms with E-state index in [0.717, 1.165) is 29.8 Å². The van der Waals surface area contributed by atoms with Crippen LogP contribution in [0, 0.1) is 28.1 Å². The number of carbonyl (C=O) groups excluding carboxylic acids is 5. The number of nitrogens with zero attached hydrogens (tertiary/aromatic N) is 2. The van der Waals surface area contributed by atoms with Crippen molar-refractivity contribution in [2.45, 2.75) is 117 Å². The number of hydrogen-bond acceptors (Lipinski definition) is 7. The van der Waals surface area contributed by atoms with Crippen molar-refractivity contribution in [2.75, 3.05) is 32.9 Å². The van der Waals surface area contributed by atoms with E-state index in [-0.39, 0.29) is 31.5 Å². The second kappa shape index (κ2) is 16.0. The molecular formula is C35H57F3N6O7S. The van der Waals surface area contributed by atoms with Crippen LogP contribution >= 0.6 is 0 Å². The molecule has 1 heterocycles. The number of fused-ring (bicyclic) bond motifs is 1. The Morgan fingerprint density at radius 3 is 2.12 bits per heavy atom. The molecule has 13 nitrogen and oxygen atoms in total. The summed E-state index contributed by atoms with van der Waals surface area (Å²) in [6.45, 7) is 14.7. The summed E-state index contributed by atoms with van der Waals surface area (Å²) in [7, 11) is -2.16. The molecule has 17 heteroatoms. The number of rotatable bonds is 15. The van der Waals surface area contributed by atoms with Crippen molar-refractivity contribution in [3.63, 3.8) is 0 Å². The van der Waals surface area contributed by atoms with E-state index < -0.39 is 99.0 Å². The van der Waals surface area contributed by atoms with Crippen LogP contribution < -0.4 is 21.3 Å². The van der Waals surface area contributed by atoms with E-state index in [1.165, 1.54) is 18.0 Å². The molecule has 52 heavy (non-hydrogen) atoms. The molecule has 3 aliphatic rings. The molecule has 0 aromatic carbocycles. The SMILES string of the molecule is C=CCNC(=O)C(=O)C(CCC(F)(F)F)NC(=O)[C@@H]1[C@@H]2[C@H](CN1C(=O)[C@@H](NC(=O)N[C@H](CN(C)S(C)(=O)=O)C(C)(C)C)C1(C)CCCCC1)C2(C)C. The average molecular weight is 763 g/mol. The van der Waals surface area contributed by atoms with Gasteiger partial charge in [0.1, 0.15) is 12.1 Å². The first-order valence-electron chi connectivity index (χ1n) is 17.8. The standard InChI is InChI=1S/C35H57F3N6O7S/c1-10-18-39-29(47)26(45)22(14-17-35(36,37)38)40-28(46)25-24-21(33(24,5)6)19-44(25)30(48)27(34(7)15-12-11-13-16-34)42-31(49)41-23(32(2,3)4)20-43(8)52(9,50)51/h10,21-25,27H,1,11-20H2,2-9H3,(H,39,47)(H,40,46)(H2,41,42,49)/t21-,22?,23+,24-,25-,27+/m0/s1. The lowest BCUT2D eigenvalue weighted by atomic mass is 9.70. The van der Waals surface area contributed by atoms with E-state index in [9.17, 15) is 45.6 Å². The number of sulfonamides is 1. The Hall–Kier alpha value is -3.21. The monoisotopic (exact) mass is 762 g/mol. The summed E-state index contributed by atoms with van der Waals surface area (Å²) >= 11 is 0. The highest BCUT2D eigenvalue weighted by molar-refractivity contribution is 7.88. The van der Waals surface area contributed by atoms with E-state index >= 15 is 0 Å². The predicted molar refractivity (Wildman–Crippen MR) is 189 cm³/mol. The molecule has 296 valence electrons. The summed E-state index contributed by atoms with van der Waals surface area (Å²) in [4.78, 5) is 69.4. The van der Waals surface area contributed by atoms with Gasteiger partial charge in [0.2, 0.25) is 27.6 Å². The van der Waals surface area contributed by atoms with E-state index in [2.05, 4.69) is 27.8 Å². The number of ketones is 1. The molecule has 0 aromatic rings. The molecule has 0 spiro atoms. The Kier molecular flexibility index (Phi) is 13.3. The van der Waals surface area contributed by atoms with E-state index in [1.807, 2.05) is 41.5 Å². The molecule has 0 radical (unpaired) electrons. The maximum absolute atomic E-state index is 14.7. The molecule has 0 bridgehead atoms. The van der Waals surface area contributed by atoms with Gasteiger partial charge in [-0.15, -0.1) is 6.58 Å². The zero-order valence-corrected chi connectivity index (χ0v) is 32.4. The molecular weight excluding hydrogens is 705 g/mol. The minimum absolute atomic E-state index is 0.0295. The van der Waals surface area contributed by atoms with Crippen LogP contribution in [0.3, 0.4) is 0 Å². The quantitative estimate of drug-likeness (QED) is 0.147. The van der Waals surface area contributed by atoms with Crippen LogP contribution in [-0.4, -0.2) is 110 Å². The Morgan fingerprint density at radius 1 is 1.00 bits per heavy atom. The van der Waals surface area contributed by atoms with Crippen molar-refractivity contribution < 1.29 is 45.6 Å². The van der Waals surface area contributed by atoms with Gasteiger partial charge in [-0.2, -0.15) is 13.2 Å². The third-order valence-electron chi connectivity index (χ3n) is 11.3. The van der Waals surface area contributed by atoms with Crippen LogP contribution in [0.2, 0.25) is 0 Å². The summed E-state index contributed by atoms with van der Waals surface area (Å²) in [6, 6.07) is -5.43. The van der Waals surface area contributed by atoms with Crippen LogP contribution in [0.4, 0.5) is 18.0 Å². The fourth-order valence-electron chi connectivity index (χ4n) is 7.66. The van der Waals surface area contributed by atoms with Crippen molar-refractivity contribution in [2.24, 2.45) is 28.1 Å². The Morgan fingerprint density at radius 2 is 1.60 bits per heavy atom. The van der Waals surface area contributed by atoms with E-state index in [0.29, 0.717) is 12.8 Å². The maximum atomic E-state index is 14.7. The molecule has 2 aliphatic carbocycles. The minimum atomic E-state index is -4.67. The van der Waals surface area contributed by atoms with Crippen LogP contribution in [0.5, 0.6) is 0 Å². The Labute approximate surface area is 305 Å². The van der Waals surface area contributed by atoms with Crippen LogP contribution in [-0.2, 0) is 29.2 Å².